The number of H-pyrrole nitrogens is 1. The molecule has 0 unspecified atom stereocenters. The second-order valence-electron chi connectivity index (χ2n) is 4.45. The van der Waals surface area contributed by atoms with E-state index in [1.807, 2.05) is 0 Å². The Kier molecular flexibility index (Phi) is 4.48. The van der Waals surface area contributed by atoms with Crippen LogP contribution in [0, 0.1) is 5.92 Å². The molecule has 19 heavy (non-hydrogen) atoms. The highest BCUT2D eigenvalue weighted by Gasteiger charge is 2.10. The van der Waals surface area contributed by atoms with Gasteiger partial charge in [-0.05, 0) is 5.92 Å². The lowest BCUT2D eigenvalue weighted by molar-refractivity contribution is 0.0811. The number of hydrogen-bond donors (Lipinski definition) is 3. The summed E-state index contributed by atoms with van der Waals surface area (Å²) in [5, 5.41) is 7.35. The molecule has 4 N–H and O–H groups in total. The Bertz CT molecular complexity index is 527. The number of nitrogens with zero attached hydrogens (tertiary/aromatic N) is 3. The summed E-state index contributed by atoms with van der Waals surface area (Å²) in [6.45, 7) is 5.82. The quantitative estimate of drug-likeness (QED) is 0.384. The van der Waals surface area contributed by atoms with E-state index < -0.39 is 0 Å². The molecule has 2 rings (SSSR count). The first-order chi connectivity index (χ1) is 9.20. The third-order valence-corrected chi connectivity index (χ3v) is 2.32. The molecule has 104 valence electrons. The number of nitrogen functional groups attached to an aromatic ring is 1. The average molecular weight is 266 g/mol. The molecule has 0 atom stereocenters. The fourth-order valence-electron chi connectivity index (χ4n) is 1.50. The Balaban J connectivity index is 1.97. The predicted molar refractivity (Wildman–Crippen MR) is 70.6 cm³/mol. The van der Waals surface area contributed by atoms with Gasteiger partial charge in [-0.3, -0.25) is 10.5 Å². The van der Waals surface area contributed by atoms with E-state index in [1.54, 1.807) is 6.20 Å². The van der Waals surface area contributed by atoms with Gasteiger partial charge in [-0.15, -0.1) is 0 Å². The highest BCUT2D eigenvalue weighted by atomic mass is 16.5. The summed E-state index contributed by atoms with van der Waals surface area (Å²) >= 11 is 0. The number of anilines is 1. The van der Waals surface area contributed by atoms with E-state index in [2.05, 4.69) is 39.4 Å². The first kappa shape index (κ1) is 13.5. The molecular weight excluding hydrogens is 248 g/mol. The van der Waals surface area contributed by atoms with Gasteiger partial charge in [0.2, 0.25) is 11.8 Å². The molecule has 0 fully saturated rings. The van der Waals surface area contributed by atoms with Crippen LogP contribution in [0.25, 0.3) is 11.0 Å². The van der Waals surface area contributed by atoms with Crippen molar-refractivity contribution in [1.82, 2.24) is 20.2 Å². The minimum Gasteiger partial charge on any atom is -0.475 e. The molecule has 0 aliphatic heterocycles. The van der Waals surface area contributed by atoms with Crippen molar-refractivity contribution in [3.63, 3.8) is 0 Å². The highest BCUT2D eigenvalue weighted by molar-refractivity contribution is 5.80. The van der Waals surface area contributed by atoms with Crippen LogP contribution in [0.1, 0.15) is 13.8 Å². The molecule has 0 saturated carbocycles. The first-order valence-corrected chi connectivity index (χ1v) is 6.09. The van der Waals surface area contributed by atoms with Gasteiger partial charge in [-0.25, -0.2) is 5.84 Å². The van der Waals surface area contributed by atoms with Crippen LogP contribution in [0.3, 0.4) is 0 Å². The summed E-state index contributed by atoms with van der Waals surface area (Å²) in [6, 6.07) is 0. The standard InChI is InChI=1S/C11H18N6O2/c1-7(2)6-18-3-4-19-10-8-5-13-17-9(8)14-11(15-10)16-12/h5,7H,3-4,6,12H2,1-2H3,(H2,13,14,15,16,17). The fraction of sp³-hybridized carbons (Fsp3) is 0.545. The maximum absolute atomic E-state index is 5.57. The summed E-state index contributed by atoms with van der Waals surface area (Å²) in [4.78, 5) is 8.24. The normalized spacial score (nSPS) is 11.2. The van der Waals surface area contributed by atoms with Gasteiger partial charge in [-0.2, -0.15) is 15.1 Å². The zero-order chi connectivity index (χ0) is 13.7. The number of aromatic amines is 1. The van der Waals surface area contributed by atoms with Gasteiger partial charge in [0.25, 0.3) is 0 Å². The summed E-state index contributed by atoms with van der Waals surface area (Å²) in [5.74, 6) is 6.51. The van der Waals surface area contributed by atoms with Crippen molar-refractivity contribution in [3.05, 3.63) is 6.20 Å². The molecule has 0 saturated heterocycles. The molecule has 0 amide bonds. The van der Waals surface area contributed by atoms with Crippen LogP contribution in [-0.4, -0.2) is 40.0 Å². The number of hydrogen-bond acceptors (Lipinski definition) is 7. The Morgan fingerprint density at radius 1 is 1.37 bits per heavy atom. The smallest absolute Gasteiger partial charge is 0.242 e. The van der Waals surface area contributed by atoms with Crippen LogP contribution in [0.15, 0.2) is 6.20 Å². The number of nitrogens with two attached hydrogens (primary N) is 1. The number of nitrogens with one attached hydrogen (secondary N) is 2. The van der Waals surface area contributed by atoms with Crippen LogP contribution >= 0.6 is 0 Å². The second kappa shape index (κ2) is 6.30. The number of rotatable bonds is 7. The average Bonchev–Trinajstić information content (AvgIpc) is 2.85. The van der Waals surface area contributed by atoms with Crippen LogP contribution in [0.2, 0.25) is 0 Å². The number of fused-ring (bicyclic) bond motifs is 1. The molecule has 0 bridgehead atoms. The lowest BCUT2D eigenvalue weighted by atomic mass is 10.2. The molecule has 2 aromatic heterocycles. The fourth-order valence-corrected chi connectivity index (χ4v) is 1.50. The van der Waals surface area contributed by atoms with E-state index >= 15 is 0 Å². The minimum absolute atomic E-state index is 0.273. The highest BCUT2D eigenvalue weighted by Crippen LogP contribution is 2.21. The summed E-state index contributed by atoms with van der Waals surface area (Å²) in [5.41, 5.74) is 2.95. The van der Waals surface area contributed by atoms with Crippen molar-refractivity contribution in [2.75, 3.05) is 25.2 Å². The second-order valence-corrected chi connectivity index (χ2v) is 4.45. The third-order valence-electron chi connectivity index (χ3n) is 2.32. The lowest BCUT2D eigenvalue weighted by Crippen LogP contribution is -2.13. The van der Waals surface area contributed by atoms with Crippen molar-refractivity contribution in [2.24, 2.45) is 11.8 Å². The maximum atomic E-state index is 5.57. The first-order valence-electron chi connectivity index (χ1n) is 6.09. The summed E-state index contributed by atoms with van der Waals surface area (Å²) in [7, 11) is 0. The van der Waals surface area contributed by atoms with Crippen molar-refractivity contribution < 1.29 is 9.47 Å². The van der Waals surface area contributed by atoms with E-state index in [0.29, 0.717) is 42.7 Å². The van der Waals surface area contributed by atoms with Gasteiger partial charge < -0.3 is 9.47 Å². The molecule has 0 aliphatic carbocycles. The number of hydrazine groups is 1. The Labute approximate surface area is 110 Å². The number of aromatic nitrogens is 4. The van der Waals surface area contributed by atoms with Gasteiger partial charge in [0.1, 0.15) is 12.0 Å². The molecule has 2 heterocycles. The zero-order valence-corrected chi connectivity index (χ0v) is 11.0. The Morgan fingerprint density at radius 2 is 2.21 bits per heavy atom. The molecular formula is C11H18N6O2. The lowest BCUT2D eigenvalue weighted by Gasteiger charge is -2.09. The molecule has 8 heteroatoms. The SMILES string of the molecule is CC(C)COCCOc1nc(NN)nc2[nH]ncc12. The minimum atomic E-state index is 0.273. The molecule has 0 spiro atoms. The molecule has 2 aromatic rings. The summed E-state index contributed by atoms with van der Waals surface area (Å²) in [6.07, 6.45) is 1.61. The molecule has 0 aliphatic rings. The van der Waals surface area contributed by atoms with Crippen molar-refractivity contribution in [1.29, 1.82) is 0 Å². The third kappa shape index (κ3) is 3.52. The van der Waals surface area contributed by atoms with Gasteiger partial charge in [0.15, 0.2) is 5.65 Å². The molecule has 0 radical (unpaired) electrons. The van der Waals surface area contributed by atoms with Gasteiger partial charge in [0.05, 0.1) is 12.8 Å². The van der Waals surface area contributed by atoms with Gasteiger partial charge >= 0.3 is 0 Å². The topological polar surface area (TPSA) is 111 Å². The monoisotopic (exact) mass is 266 g/mol. The van der Waals surface area contributed by atoms with E-state index in [4.69, 9.17) is 15.3 Å². The van der Waals surface area contributed by atoms with Crippen molar-refractivity contribution in [3.8, 4) is 5.88 Å². The van der Waals surface area contributed by atoms with Crippen molar-refractivity contribution >= 4 is 17.0 Å². The maximum Gasteiger partial charge on any atom is 0.242 e. The molecule has 0 aromatic carbocycles. The zero-order valence-electron chi connectivity index (χ0n) is 11.0. The number of ether oxygens (including phenoxy) is 2. The van der Waals surface area contributed by atoms with Crippen molar-refractivity contribution in [2.45, 2.75) is 13.8 Å². The van der Waals surface area contributed by atoms with Gasteiger partial charge in [0, 0.05) is 6.61 Å². The summed E-state index contributed by atoms with van der Waals surface area (Å²) < 4.78 is 11.0. The van der Waals surface area contributed by atoms with Gasteiger partial charge in [-0.1, -0.05) is 13.8 Å². The Hall–Kier alpha value is -1.93. The molecule has 8 nitrogen and oxygen atoms in total. The predicted octanol–water partition coefficient (Wildman–Crippen LogP) is 0.690. The van der Waals surface area contributed by atoms with Crippen LogP contribution in [0.5, 0.6) is 5.88 Å². The van der Waals surface area contributed by atoms with Crippen LogP contribution in [0.4, 0.5) is 5.95 Å². The largest absolute Gasteiger partial charge is 0.475 e. The van der Waals surface area contributed by atoms with Crippen LogP contribution in [-0.2, 0) is 4.74 Å². The van der Waals surface area contributed by atoms with E-state index in [-0.39, 0.29) is 5.95 Å². The van der Waals surface area contributed by atoms with E-state index in [9.17, 15) is 0 Å². The van der Waals surface area contributed by atoms with E-state index in [1.165, 1.54) is 0 Å². The van der Waals surface area contributed by atoms with Crippen LogP contribution < -0.4 is 16.0 Å². The Morgan fingerprint density at radius 3 is 2.95 bits per heavy atom. The van der Waals surface area contributed by atoms with E-state index in [0.717, 1.165) is 0 Å².